The zero-order valence-electron chi connectivity index (χ0n) is 16.5. The zero-order chi connectivity index (χ0) is 19.8. The molecule has 3 rings (SSSR count). The largest absolute Gasteiger partial charge is 0.391 e. The Labute approximate surface area is 165 Å². The molecule has 1 saturated heterocycles. The Bertz CT molecular complexity index is 744. The number of benzene rings is 1. The summed E-state index contributed by atoms with van der Waals surface area (Å²) in [5, 5.41) is 19.4. The lowest BCUT2D eigenvalue weighted by Gasteiger charge is -2.13. The van der Waals surface area contributed by atoms with Crippen LogP contribution in [0.1, 0.15) is 56.9 Å². The number of amides is 1. The number of nitrogens with one attached hydrogen (secondary N) is 2. The number of nitrogens with zero attached hydrogens (tertiary/aromatic N) is 2. The molecule has 0 bridgehead atoms. The maximum Gasteiger partial charge on any atom is 0.246 e. The van der Waals surface area contributed by atoms with Crippen LogP contribution in [-0.2, 0) is 17.8 Å². The van der Waals surface area contributed by atoms with Crippen LogP contribution in [0.25, 0.3) is 11.4 Å². The van der Waals surface area contributed by atoms with Crippen LogP contribution in [0.15, 0.2) is 28.8 Å². The average Bonchev–Trinajstić information content (AvgIpc) is 3.35. The average molecular weight is 386 g/mol. The first-order valence-electron chi connectivity index (χ1n) is 10.3. The van der Waals surface area contributed by atoms with Gasteiger partial charge in [-0.2, -0.15) is 4.98 Å². The van der Waals surface area contributed by atoms with Crippen molar-refractivity contribution in [3.8, 4) is 11.4 Å². The minimum atomic E-state index is -0.650. The molecule has 7 heteroatoms. The van der Waals surface area contributed by atoms with Gasteiger partial charge in [0.25, 0.3) is 0 Å². The van der Waals surface area contributed by atoms with Crippen LogP contribution >= 0.6 is 0 Å². The highest BCUT2D eigenvalue weighted by Gasteiger charge is 2.31. The molecule has 0 saturated carbocycles. The van der Waals surface area contributed by atoms with E-state index >= 15 is 0 Å². The van der Waals surface area contributed by atoms with Crippen LogP contribution in [0.4, 0.5) is 0 Å². The van der Waals surface area contributed by atoms with E-state index in [0.29, 0.717) is 24.7 Å². The molecule has 1 aromatic carbocycles. The van der Waals surface area contributed by atoms with Crippen molar-refractivity contribution in [2.75, 3.05) is 6.54 Å². The molecule has 1 aromatic heterocycles. The number of rotatable bonds is 10. The molecule has 1 fully saturated rings. The van der Waals surface area contributed by atoms with Crippen LogP contribution in [0.3, 0.4) is 0 Å². The van der Waals surface area contributed by atoms with Gasteiger partial charge in [0, 0.05) is 5.56 Å². The molecule has 7 nitrogen and oxygen atoms in total. The summed E-state index contributed by atoms with van der Waals surface area (Å²) in [7, 11) is 0. The fourth-order valence-electron chi connectivity index (χ4n) is 3.43. The van der Waals surface area contributed by atoms with E-state index < -0.39 is 12.1 Å². The standard InChI is InChI=1S/C21H30N4O3/c1-2-3-4-5-6-7-15-8-10-16(11-9-15)20-24-18(28-25-20)14-23-21(27)19-17(26)12-13-22-19/h8-11,17,19,22,26H,2-7,12-14H2,1H3,(H,23,27)/t17-,19-/m0/s1. The Morgan fingerprint density at radius 2 is 2.04 bits per heavy atom. The molecule has 28 heavy (non-hydrogen) atoms. The molecule has 1 aliphatic rings. The lowest BCUT2D eigenvalue weighted by atomic mass is 10.0. The summed E-state index contributed by atoms with van der Waals surface area (Å²) in [5.74, 6) is 0.599. The maximum absolute atomic E-state index is 12.1. The van der Waals surface area contributed by atoms with Gasteiger partial charge in [0.2, 0.25) is 17.6 Å². The molecule has 1 aliphatic heterocycles. The lowest BCUT2D eigenvalue weighted by molar-refractivity contribution is -0.125. The summed E-state index contributed by atoms with van der Waals surface area (Å²) in [6.45, 7) is 3.01. The number of carbonyl (C=O) groups is 1. The number of aromatic nitrogens is 2. The Kier molecular flexibility index (Phi) is 7.56. The lowest BCUT2D eigenvalue weighted by Crippen LogP contribution is -2.45. The molecule has 2 heterocycles. The summed E-state index contributed by atoms with van der Waals surface area (Å²) in [4.78, 5) is 16.4. The van der Waals surface area contributed by atoms with Gasteiger partial charge in [-0.05, 0) is 31.4 Å². The third-order valence-corrected chi connectivity index (χ3v) is 5.13. The number of hydrogen-bond donors (Lipinski definition) is 3. The third kappa shape index (κ3) is 5.62. The van der Waals surface area contributed by atoms with Gasteiger partial charge in [-0.1, -0.05) is 62.0 Å². The van der Waals surface area contributed by atoms with Crippen LogP contribution in [0, 0.1) is 0 Å². The van der Waals surface area contributed by atoms with E-state index in [4.69, 9.17) is 4.52 Å². The smallest absolute Gasteiger partial charge is 0.246 e. The van der Waals surface area contributed by atoms with Crippen molar-refractivity contribution in [2.45, 2.75) is 70.6 Å². The normalized spacial score (nSPS) is 19.1. The van der Waals surface area contributed by atoms with Crippen molar-refractivity contribution in [1.29, 1.82) is 0 Å². The van der Waals surface area contributed by atoms with E-state index in [9.17, 15) is 9.90 Å². The number of aryl methyl sites for hydroxylation is 1. The van der Waals surface area contributed by atoms with Gasteiger partial charge >= 0.3 is 0 Å². The zero-order valence-corrected chi connectivity index (χ0v) is 16.5. The second kappa shape index (κ2) is 10.3. The number of hydrogen-bond acceptors (Lipinski definition) is 6. The maximum atomic E-state index is 12.1. The fourth-order valence-corrected chi connectivity index (χ4v) is 3.43. The van der Waals surface area contributed by atoms with E-state index in [1.165, 1.54) is 37.7 Å². The Balaban J connectivity index is 1.47. The minimum absolute atomic E-state index is 0.145. The Hall–Kier alpha value is -2.25. The molecule has 1 amide bonds. The highest BCUT2D eigenvalue weighted by Crippen LogP contribution is 2.18. The summed E-state index contributed by atoms with van der Waals surface area (Å²) < 4.78 is 5.23. The van der Waals surface area contributed by atoms with E-state index in [1.54, 1.807) is 0 Å². The second-order valence-corrected chi connectivity index (χ2v) is 7.38. The molecule has 0 radical (unpaired) electrons. The van der Waals surface area contributed by atoms with Gasteiger partial charge in [0.1, 0.15) is 6.04 Å². The van der Waals surface area contributed by atoms with Gasteiger partial charge in [0.05, 0.1) is 12.6 Å². The van der Waals surface area contributed by atoms with Gasteiger partial charge in [-0.15, -0.1) is 0 Å². The predicted octanol–water partition coefficient (Wildman–Crippen LogP) is 2.59. The van der Waals surface area contributed by atoms with Crippen molar-refractivity contribution in [2.24, 2.45) is 0 Å². The molecule has 2 atom stereocenters. The van der Waals surface area contributed by atoms with Crippen molar-refractivity contribution >= 4 is 5.91 Å². The highest BCUT2D eigenvalue weighted by molar-refractivity contribution is 5.82. The summed E-state index contributed by atoms with van der Waals surface area (Å²) in [6.07, 6.45) is 7.42. The molecule has 0 aliphatic carbocycles. The van der Waals surface area contributed by atoms with Gasteiger partial charge in [0.15, 0.2) is 0 Å². The van der Waals surface area contributed by atoms with Crippen molar-refractivity contribution in [3.05, 3.63) is 35.7 Å². The highest BCUT2D eigenvalue weighted by atomic mass is 16.5. The quantitative estimate of drug-likeness (QED) is 0.543. The number of aliphatic hydroxyl groups excluding tert-OH is 1. The third-order valence-electron chi connectivity index (χ3n) is 5.13. The first-order chi connectivity index (χ1) is 13.7. The predicted molar refractivity (Wildman–Crippen MR) is 106 cm³/mol. The molecule has 2 aromatic rings. The molecule has 3 N–H and O–H groups in total. The van der Waals surface area contributed by atoms with Crippen molar-refractivity contribution in [1.82, 2.24) is 20.8 Å². The second-order valence-electron chi connectivity index (χ2n) is 7.38. The summed E-state index contributed by atoms with van der Waals surface area (Å²) >= 11 is 0. The van der Waals surface area contributed by atoms with E-state index in [0.717, 1.165) is 12.0 Å². The Morgan fingerprint density at radius 3 is 2.75 bits per heavy atom. The fraction of sp³-hybridized carbons (Fsp3) is 0.571. The van der Waals surface area contributed by atoms with Gasteiger partial charge < -0.3 is 20.3 Å². The van der Waals surface area contributed by atoms with Gasteiger partial charge in [-0.3, -0.25) is 4.79 Å². The van der Waals surface area contributed by atoms with Gasteiger partial charge in [-0.25, -0.2) is 0 Å². The molecular weight excluding hydrogens is 356 g/mol. The molecular formula is C21H30N4O3. The minimum Gasteiger partial charge on any atom is -0.391 e. The topological polar surface area (TPSA) is 100 Å². The summed E-state index contributed by atoms with van der Waals surface area (Å²) in [6, 6.07) is 7.66. The van der Waals surface area contributed by atoms with Crippen molar-refractivity contribution < 1.29 is 14.4 Å². The first-order valence-corrected chi connectivity index (χ1v) is 10.3. The number of aliphatic hydroxyl groups is 1. The molecule has 0 unspecified atom stereocenters. The Morgan fingerprint density at radius 1 is 1.25 bits per heavy atom. The monoisotopic (exact) mass is 386 g/mol. The van der Waals surface area contributed by atoms with Crippen LogP contribution in [0.5, 0.6) is 0 Å². The molecule has 152 valence electrons. The van der Waals surface area contributed by atoms with Crippen LogP contribution in [-0.4, -0.2) is 39.8 Å². The number of carbonyl (C=O) groups excluding carboxylic acids is 1. The first kappa shape index (κ1) is 20.5. The summed E-state index contributed by atoms with van der Waals surface area (Å²) in [5.41, 5.74) is 2.21. The van der Waals surface area contributed by atoms with E-state index in [2.05, 4.69) is 39.8 Å². The number of unbranched alkanes of at least 4 members (excludes halogenated alkanes) is 4. The van der Waals surface area contributed by atoms with E-state index in [1.807, 2.05) is 12.1 Å². The van der Waals surface area contributed by atoms with Crippen LogP contribution in [0.2, 0.25) is 0 Å². The van der Waals surface area contributed by atoms with E-state index in [-0.39, 0.29) is 12.5 Å². The van der Waals surface area contributed by atoms with Crippen LogP contribution < -0.4 is 10.6 Å². The SMILES string of the molecule is CCCCCCCc1ccc(-c2noc(CNC(=O)[C@H]3NCC[C@@H]3O)n2)cc1. The molecule has 0 spiro atoms. The van der Waals surface area contributed by atoms with Crippen molar-refractivity contribution in [3.63, 3.8) is 0 Å².